The zero-order valence-electron chi connectivity index (χ0n) is 8.56. The molecular weight excluding hydrogens is 226 g/mol. The minimum absolute atomic E-state index is 0.754. The van der Waals surface area contributed by atoms with Gasteiger partial charge < -0.3 is 5.32 Å². The second kappa shape index (κ2) is 3.81. The molecule has 0 unspecified atom stereocenters. The molecule has 2 aromatic rings. The van der Waals surface area contributed by atoms with Crippen LogP contribution in [0.3, 0.4) is 0 Å². The van der Waals surface area contributed by atoms with Gasteiger partial charge in [0.15, 0.2) is 4.96 Å². The number of hydrogen-bond acceptors (Lipinski definition) is 4. The van der Waals surface area contributed by atoms with E-state index in [1.54, 1.807) is 23.1 Å². The number of thiazole rings is 1. The van der Waals surface area contributed by atoms with Crippen molar-refractivity contribution in [2.45, 2.75) is 30.5 Å². The van der Waals surface area contributed by atoms with Crippen molar-refractivity contribution < 1.29 is 0 Å². The van der Waals surface area contributed by atoms with E-state index in [1.807, 2.05) is 0 Å². The lowest BCUT2D eigenvalue weighted by molar-refractivity contribution is 0.661. The van der Waals surface area contributed by atoms with Crippen LogP contribution >= 0.6 is 23.1 Å². The van der Waals surface area contributed by atoms with Crippen LogP contribution in [-0.2, 0) is 6.54 Å². The van der Waals surface area contributed by atoms with Gasteiger partial charge in [-0.3, -0.25) is 4.40 Å². The van der Waals surface area contributed by atoms with Gasteiger partial charge in [-0.05, 0) is 19.1 Å². The van der Waals surface area contributed by atoms with Crippen LogP contribution in [0.1, 0.15) is 18.5 Å². The van der Waals surface area contributed by atoms with Gasteiger partial charge in [-0.1, -0.05) is 0 Å². The summed E-state index contributed by atoms with van der Waals surface area (Å²) in [4.78, 5) is 5.70. The second-order valence-corrected chi connectivity index (χ2v) is 5.45. The third-order valence-corrected chi connectivity index (χ3v) is 4.12. The van der Waals surface area contributed by atoms with E-state index >= 15 is 0 Å². The largest absolute Gasteiger partial charge is 0.308 e. The number of thioether (sulfide) groups is 1. The lowest BCUT2D eigenvalue weighted by atomic mass is 10.4. The third-order valence-electron chi connectivity index (χ3n) is 2.65. The molecule has 2 heterocycles. The number of rotatable bonds is 4. The lowest BCUT2D eigenvalue weighted by Gasteiger charge is -2.03. The molecule has 2 aromatic heterocycles. The summed E-state index contributed by atoms with van der Waals surface area (Å²) in [5.41, 5.74) is 1.31. The Labute approximate surface area is 96.9 Å². The molecule has 0 spiro atoms. The molecule has 5 heteroatoms. The maximum atomic E-state index is 4.59. The molecule has 1 saturated carbocycles. The number of fused-ring (bicyclic) bond motifs is 1. The zero-order valence-corrected chi connectivity index (χ0v) is 10.2. The number of imidazole rings is 1. The van der Waals surface area contributed by atoms with E-state index < -0.39 is 0 Å². The molecule has 1 N–H and O–H groups in total. The van der Waals surface area contributed by atoms with Gasteiger partial charge >= 0.3 is 0 Å². The Bertz CT molecular complexity index is 470. The summed E-state index contributed by atoms with van der Waals surface area (Å²) >= 11 is 3.43. The molecule has 0 bridgehead atoms. The van der Waals surface area contributed by atoms with Crippen molar-refractivity contribution >= 4 is 28.1 Å². The molecule has 0 amide bonds. The molecule has 0 radical (unpaired) electrons. The first-order valence-electron chi connectivity index (χ1n) is 5.10. The zero-order chi connectivity index (χ0) is 10.3. The third kappa shape index (κ3) is 1.79. The van der Waals surface area contributed by atoms with Gasteiger partial charge in [0.2, 0.25) is 0 Å². The summed E-state index contributed by atoms with van der Waals surface area (Å²) in [6, 6.07) is 0.754. The lowest BCUT2D eigenvalue weighted by Crippen LogP contribution is -2.16. The summed E-state index contributed by atoms with van der Waals surface area (Å²) in [7, 11) is 0. The molecule has 3 rings (SSSR count). The number of nitrogens with zero attached hydrogens (tertiary/aromatic N) is 2. The van der Waals surface area contributed by atoms with Crippen molar-refractivity contribution in [3.63, 3.8) is 0 Å². The van der Waals surface area contributed by atoms with E-state index in [4.69, 9.17) is 0 Å². The Morgan fingerprint density at radius 2 is 2.53 bits per heavy atom. The Balaban J connectivity index is 1.92. The molecule has 0 aliphatic heterocycles. The highest BCUT2D eigenvalue weighted by atomic mass is 32.2. The number of hydrogen-bond donors (Lipinski definition) is 1. The van der Waals surface area contributed by atoms with Crippen molar-refractivity contribution in [2.24, 2.45) is 0 Å². The maximum Gasteiger partial charge on any atom is 0.194 e. The van der Waals surface area contributed by atoms with Gasteiger partial charge in [0, 0.05) is 24.2 Å². The van der Waals surface area contributed by atoms with Crippen molar-refractivity contribution in [3.8, 4) is 0 Å². The minimum atomic E-state index is 0.754. The van der Waals surface area contributed by atoms with E-state index in [0.717, 1.165) is 22.6 Å². The Hall–Kier alpha value is -0.520. The molecule has 1 aliphatic rings. The van der Waals surface area contributed by atoms with E-state index in [1.165, 1.54) is 18.5 Å². The summed E-state index contributed by atoms with van der Waals surface area (Å²) in [6.45, 7) is 0.943. The molecule has 0 atom stereocenters. The van der Waals surface area contributed by atoms with E-state index in [0.29, 0.717) is 0 Å². The van der Waals surface area contributed by atoms with Crippen LogP contribution in [0.5, 0.6) is 0 Å². The molecule has 3 nitrogen and oxygen atoms in total. The first-order chi connectivity index (χ1) is 7.38. The highest BCUT2D eigenvalue weighted by Crippen LogP contribution is 2.25. The van der Waals surface area contributed by atoms with E-state index in [2.05, 4.69) is 32.5 Å². The van der Waals surface area contributed by atoms with Crippen LogP contribution in [0.4, 0.5) is 0 Å². The van der Waals surface area contributed by atoms with Gasteiger partial charge in [0.05, 0.1) is 5.69 Å². The summed E-state index contributed by atoms with van der Waals surface area (Å²) in [5, 5.41) is 6.80. The SMILES string of the molecule is CSc1nc2sccn2c1CNC1CC1. The summed E-state index contributed by atoms with van der Waals surface area (Å²) in [5.74, 6) is 0. The van der Waals surface area contributed by atoms with Crippen LogP contribution < -0.4 is 5.32 Å². The van der Waals surface area contributed by atoms with Crippen molar-refractivity contribution in [1.82, 2.24) is 14.7 Å². The molecule has 0 aromatic carbocycles. The molecule has 1 aliphatic carbocycles. The average molecular weight is 239 g/mol. The van der Waals surface area contributed by atoms with Gasteiger partial charge in [0.1, 0.15) is 5.03 Å². The van der Waals surface area contributed by atoms with E-state index in [9.17, 15) is 0 Å². The van der Waals surface area contributed by atoms with Gasteiger partial charge in [-0.25, -0.2) is 4.98 Å². The van der Waals surface area contributed by atoms with Crippen molar-refractivity contribution in [2.75, 3.05) is 6.26 Å². The first-order valence-corrected chi connectivity index (χ1v) is 7.20. The van der Waals surface area contributed by atoms with Gasteiger partial charge in [-0.15, -0.1) is 23.1 Å². The summed E-state index contributed by atoms with van der Waals surface area (Å²) < 4.78 is 2.20. The number of aromatic nitrogens is 2. The fourth-order valence-corrected chi connectivity index (χ4v) is 3.04. The minimum Gasteiger partial charge on any atom is -0.308 e. The highest BCUT2D eigenvalue weighted by Gasteiger charge is 2.21. The Kier molecular flexibility index (Phi) is 2.46. The fourth-order valence-electron chi connectivity index (χ4n) is 1.67. The maximum absolute atomic E-state index is 4.59. The highest BCUT2D eigenvalue weighted by molar-refractivity contribution is 7.98. The van der Waals surface area contributed by atoms with Crippen molar-refractivity contribution in [3.05, 3.63) is 17.3 Å². The normalized spacial score (nSPS) is 16.3. The van der Waals surface area contributed by atoms with Crippen LogP contribution in [0, 0.1) is 0 Å². The standard InChI is InChI=1S/C10H13N3S2/c1-14-9-8(6-11-7-2-3-7)13-4-5-15-10(13)12-9/h4-5,7,11H,2-3,6H2,1H3. The predicted octanol–water partition coefficient (Wildman–Crippen LogP) is 2.37. The fraction of sp³-hybridized carbons (Fsp3) is 0.500. The molecule has 1 fully saturated rings. The van der Waals surface area contributed by atoms with Crippen LogP contribution in [0.25, 0.3) is 4.96 Å². The molecular formula is C10H13N3S2. The quantitative estimate of drug-likeness (QED) is 0.831. The van der Waals surface area contributed by atoms with Gasteiger partial charge in [0.25, 0.3) is 0 Å². The van der Waals surface area contributed by atoms with Crippen LogP contribution in [0.15, 0.2) is 16.6 Å². The summed E-state index contributed by atoms with van der Waals surface area (Å²) in [6.07, 6.45) is 6.87. The van der Waals surface area contributed by atoms with Crippen LogP contribution in [0.2, 0.25) is 0 Å². The van der Waals surface area contributed by atoms with Crippen molar-refractivity contribution in [1.29, 1.82) is 0 Å². The monoisotopic (exact) mass is 239 g/mol. The Morgan fingerprint density at radius 1 is 1.67 bits per heavy atom. The second-order valence-electron chi connectivity index (χ2n) is 3.78. The molecule has 80 valence electrons. The average Bonchev–Trinajstić information content (AvgIpc) is 2.86. The van der Waals surface area contributed by atoms with Gasteiger partial charge in [-0.2, -0.15) is 0 Å². The molecule has 15 heavy (non-hydrogen) atoms. The predicted molar refractivity (Wildman–Crippen MR) is 64.7 cm³/mol. The first kappa shape index (κ1) is 9.69. The van der Waals surface area contributed by atoms with E-state index in [-0.39, 0.29) is 0 Å². The Morgan fingerprint density at radius 3 is 3.27 bits per heavy atom. The smallest absolute Gasteiger partial charge is 0.194 e. The topological polar surface area (TPSA) is 29.3 Å². The van der Waals surface area contributed by atoms with Crippen LogP contribution in [-0.4, -0.2) is 21.7 Å². The molecule has 0 saturated heterocycles. The number of nitrogens with one attached hydrogen (secondary N) is 1.